The summed E-state index contributed by atoms with van der Waals surface area (Å²) in [6.07, 6.45) is 1.99. The van der Waals surface area contributed by atoms with Gasteiger partial charge in [0.2, 0.25) is 0 Å². The minimum absolute atomic E-state index is 0.215. The van der Waals surface area contributed by atoms with Crippen molar-refractivity contribution in [2.75, 3.05) is 13.7 Å². The predicted octanol–water partition coefficient (Wildman–Crippen LogP) is 2.73. The average Bonchev–Trinajstić information content (AvgIpc) is 2.36. The summed E-state index contributed by atoms with van der Waals surface area (Å²) in [5.41, 5.74) is 0.985. The molecule has 0 aliphatic rings. The maximum Gasteiger partial charge on any atom is 0.115 e. The van der Waals surface area contributed by atoms with Crippen molar-refractivity contribution in [1.82, 2.24) is 5.32 Å². The van der Waals surface area contributed by atoms with E-state index >= 15 is 0 Å². The van der Waals surface area contributed by atoms with Crippen LogP contribution in [0.1, 0.15) is 32.8 Å². The van der Waals surface area contributed by atoms with Crippen LogP contribution in [0.3, 0.4) is 0 Å². The first-order valence-electron chi connectivity index (χ1n) is 6.56. The second-order valence-corrected chi connectivity index (χ2v) is 5.18. The number of aromatic hydroxyl groups is 1. The number of benzene rings is 1. The molecule has 0 radical (unpaired) electrons. The van der Waals surface area contributed by atoms with Gasteiger partial charge < -0.3 is 15.2 Å². The number of hydrogen-bond donors (Lipinski definition) is 2. The number of rotatable bonds is 7. The number of nitrogens with one attached hydrogen (secondary N) is 1. The molecule has 0 aromatic heterocycles. The Balaban J connectivity index is 2.74. The van der Waals surface area contributed by atoms with Crippen molar-refractivity contribution in [3.8, 4) is 5.75 Å². The molecule has 0 saturated heterocycles. The van der Waals surface area contributed by atoms with Crippen molar-refractivity contribution < 1.29 is 9.84 Å². The predicted molar refractivity (Wildman–Crippen MR) is 75.0 cm³/mol. The first-order valence-corrected chi connectivity index (χ1v) is 6.56. The van der Waals surface area contributed by atoms with Gasteiger partial charge in [0.1, 0.15) is 5.75 Å². The molecular formula is C15H25NO2. The molecule has 102 valence electrons. The van der Waals surface area contributed by atoms with E-state index in [4.69, 9.17) is 4.74 Å². The highest BCUT2D eigenvalue weighted by Gasteiger charge is 2.28. The summed E-state index contributed by atoms with van der Waals surface area (Å²) in [5, 5.41) is 12.8. The summed E-state index contributed by atoms with van der Waals surface area (Å²) in [7, 11) is 1.75. The van der Waals surface area contributed by atoms with Gasteiger partial charge in [-0.3, -0.25) is 0 Å². The summed E-state index contributed by atoms with van der Waals surface area (Å²) in [5.74, 6) is 0.308. The normalized spacial score (nSPS) is 13.6. The average molecular weight is 251 g/mol. The Labute approximate surface area is 110 Å². The third kappa shape index (κ3) is 4.31. The number of ether oxygens (including phenoxy) is 1. The minimum Gasteiger partial charge on any atom is -0.508 e. The van der Waals surface area contributed by atoms with E-state index in [0.717, 1.165) is 19.4 Å². The van der Waals surface area contributed by atoms with Gasteiger partial charge in [-0.1, -0.05) is 19.1 Å². The van der Waals surface area contributed by atoms with Crippen LogP contribution in [0.2, 0.25) is 0 Å². The summed E-state index contributed by atoms with van der Waals surface area (Å²) < 4.78 is 5.58. The van der Waals surface area contributed by atoms with Crippen molar-refractivity contribution in [1.29, 1.82) is 0 Å². The van der Waals surface area contributed by atoms with Gasteiger partial charge >= 0.3 is 0 Å². The molecule has 0 bridgehead atoms. The summed E-state index contributed by atoms with van der Waals surface area (Å²) in [6.45, 7) is 7.33. The largest absolute Gasteiger partial charge is 0.508 e. The minimum atomic E-state index is -0.215. The van der Waals surface area contributed by atoms with Crippen LogP contribution in [0, 0.1) is 0 Å². The van der Waals surface area contributed by atoms with Crippen LogP contribution in [0.4, 0.5) is 0 Å². The second-order valence-electron chi connectivity index (χ2n) is 5.18. The molecule has 18 heavy (non-hydrogen) atoms. The van der Waals surface area contributed by atoms with E-state index in [1.54, 1.807) is 19.2 Å². The molecule has 2 N–H and O–H groups in total. The van der Waals surface area contributed by atoms with Crippen LogP contribution in [-0.2, 0) is 11.2 Å². The Morgan fingerprint density at radius 1 is 1.28 bits per heavy atom. The maximum absolute atomic E-state index is 9.30. The van der Waals surface area contributed by atoms with E-state index in [-0.39, 0.29) is 11.6 Å². The number of phenols is 1. The molecule has 0 aliphatic heterocycles. The molecule has 3 nitrogen and oxygen atoms in total. The molecule has 1 aromatic rings. The fourth-order valence-corrected chi connectivity index (χ4v) is 1.89. The van der Waals surface area contributed by atoms with E-state index in [0.29, 0.717) is 5.75 Å². The Morgan fingerprint density at radius 3 is 2.39 bits per heavy atom. The summed E-state index contributed by atoms with van der Waals surface area (Å²) in [6, 6.07) is 7.63. The first kappa shape index (κ1) is 15.0. The second kappa shape index (κ2) is 6.76. The quantitative estimate of drug-likeness (QED) is 0.783. The Bertz CT molecular complexity index is 346. The zero-order chi connectivity index (χ0) is 13.6. The van der Waals surface area contributed by atoms with Gasteiger partial charge in [0.25, 0.3) is 0 Å². The van der Waals surface area contributed by atoms with Crippen molar-refractivity contribution in [2.45, 2.75) is 45.3 Å². The van der Waals surface area contributed by atoms with Gasteiger partial charge in [-0.15, -0.1) is 0 Å². The highest BCUT2D eigenvalue weighted by Crippen LogP contribution is 2.19. The molecule has 0 spiro atoms. The molecule has 0 aliphatic carbocycles. The third-order valence-electron chi connectivity index (χ3n) is 3.38. The molecule has 0 heterocycles. The molecule has 0 saturated carbocycles. The van der Waals surface area contributed by atoms with E-state index in [1.165, 1.54) is 5.56 Å². The fraction of sp³-hybridized carbons (Fsp3) is 0.600. The lowest BCUT2D eigenvalue weighted by Gasteiger charge is -2.34. The SMILES string of the molecule is CCCNC(Cc1ccc(O)cc1)C(C)(C)OC. The molecule has 1 rings (SSSR count). The van der Waals surface area contributed by atoms with Gasteiger partial charge in [0, 0.05) is 13.2 Å². The molecule has 0 amide bonds. The van der Waals surface area contributed by atoms with Crippen molar-refractivity contribution in [2.24, 2.45) is 0 Å². The van der Waals surface area contributed by atoms with Crippen molar-refractivity contribution >= 4 is 0 Å². The van der Waals surface area contributed by atoms with Crippen molar-refractivity contribution in [3.63, 3.8) is 0 Å². The van der Waals surface area contributed by atoms with E-state index in [9.17, 15) is 5.11 Å². The Kier molecular flexibility index (Phi) is 5.63. The smallest absolute Gasteiger partial charge is 0.115 e. The lowest BCUT2D eigenvalue weighted by atomic mass is 9.92. The van der Waals surface area contributed by atoms with Crippen LogP contribution < -0.4 is 5.32 Å². The first-order chi connectivity index (χ1) is 8.49. The standard InChI is InChI=1S/C15H25NO2/c1-5-10-16-14(15(2,3)18-4)11-12-6-8-13(17)9-7-12/h6-9,14,16-17H,5,10-11H2,1-4H3. The van der Waals surface area contributed by atoms with Crippen LogP contribution in [0.15, 0.2) is 24.3 Å². The number of phenolic OH excluding ortho intramolecular Hbond substituents is 1. The van der Waals surface area contributed by atoms with E-state index in [1.807, 2.05) is 12.1 Å². The summed E-state index contributed by atoms with van der Waals surface area (Å²) in [4.78, 5) is 0. The third-order valence-corrected chi connectivity index (χ3v) is 3.38. The Hall–Kier alpha value is -1.06. The zero-order valence-corrected chi connectivity index (χ0v) is 11.9. The molecule has 0 fully saturated rings. The topological polar surface area (TPSA) is 41.5 Å². The monoisotopic (exact) mass is 251 g/mol. The molecule has 1 atom stereocenters. The van der Waals surface area contributed by atoms with Gasteiger partial charge in [-0.25, -0.2) is 0 Å². The Morgan fingerprint density at radius 2 is 1.89 bits per heavy atom. The van der Waals surface area contributed by atoms with E-state index < -0.39 is 0 Å². The van der Waals surface area contributed by atoms with Crippen LogP contribution >= 0.6 is 0 Å². The molecule has 1 aromatic carbocycles. The lowest BCUT2D eigenvalue weighted by molar-refractivity contribution is -0.00997. The molecule has 1 unspecified atom stereocenters. The van der Waals surface area contributed by atoms with Gasteiger partial charge in [0.05, 0.1) is 5.60 Å². The molecule has 3 heteroatoms. The lowest BCUT2D eigenvalue weighted by Crippen LogP contribution is -2.49. The van der Waals surface area contributed by atoms with Crippen LogP contribution in [0.5, 0.6) is 5.75 Å². The highest BCUT2D eigenvalue weighted by molar-refractivity contribution is 5.26. The fourth-order valence-electron chi connectivity index (χ4n) is 1.89. The maximum atomic E-state index is 9.30. The zero-order valence-electron chi connectivity index (χ0n) is 11.9. The van der Waals surface area contributed by atoms with Crippen LogP contribution in [0.25, 0.3) is 0 Å². The van der Waals surface area contributed by atoms with E-state index in [2.05, 4.69) is 26.1 Å². The molecular weight excluding hydrogens is 226 g/mol. The van der Waals surface area contributed by atoms with Gasteiger partial charge in [-0.05, 0) is 50.9 Å². The number of hydrogen-bond acceptors (Lipinski definition) is 3. The van der Waals surface area contributed by atoms with Crippen molar-refractivity contribution in [3.05, 3.63) is 29.8 Å². The highest BCUT2D eigenvalue weighted by atomic mass is 16.5. The van der Waals surface area contributed by atoms with Gasteiger partial charge in [-0.2, -0.15) is 0 Å². The number of methoxy groups -OCH3 is 1. The van der Waals surface area contributed by atoms with Crippen LogP contribution in [-0.4, -0.2) is 30.4 Å². The van der Waals surface area contributed by atoms with Gasteiger partial charge in [0.15, 0.2) is 0 Å². The summed E-state index contributed by atoms with van der Waals surface area (Å²) >= 11 is 0.